The molecule has 0 spiro atoms. The van der Waals surface area contributed by atoms with Crippen LogP contribution >= 0.6 is 0 Å². The summed E-state index contributed by atoms with van der Waals surface area (Å²) in [7, 11) is 0. The minimum atomic E-state index is -1.14. The number of rotatable bonds is 6. The molecule has 0 aromatic heterocycles. The molecule has 0 fully saturated rings. The van der Waals surface area contributed by atoms with Gasteiger partial charge in [0.05, 0.1) is 17.2 Å². The normalized spacial score (nSPS) is 14.9. The van der Waals surface area contributed by atoms with Crippen LogP contribution in [0.1, 0.15) is 57.3 Å². The average molecular weight is 408 g/mol. The monoisotopic (exact) mass is 408 g/mol. The predicted octanol–water partition coefficient (Wildman–Crippen LogP) is 2.71. The Hall–Kier alpha value is -3.48. The highest BCUT2D eigenvalue weighted by atomic mass is 16.5. The smallest absolute Gasteiger partial charge is 0.329 e. The fraction of sp³-hybridized carbons (Fsp3) is 0.304. The third-order valence-electron chi connectivity index (χ3n) is 5.31. The maximum absolute atomic E-state index is 12.5. The Labute approximate surface area is 175 Å². The van der Waals surface area contributed by atoms with E-state index in [1.54, 1.807) is 12.1 Å². The summed E-state index contributed by atoms with van der Waals surface area (Å²) in [5.41, 5.74) is 3.73. The lowest BCUT2D eigenvalue weighted by atomic mass is 10.0. The van der Waals surface area contributed by atoms with Crippen molar-refractivity contribution in [2.45, 2.75) is 39.8 Å². The van der Waals surface area contributed by atoms with Crippen LogP contribution in [0.25, 0.3) is 0 Å². The average Bonchev–Trinajstić information content (AvgIpc) is 2.98. The molecule has 2 unspecified atom stereocenters. The van der Waals surface area contributed by atoms with Crippen molar-refractivity contribution in [3.05, 3.63) is 70.3 Å². The van der Waals surface area contributed by atoms with E-state index in [-0.39, 0.29) is 17.2 Å². The summed E-state index contributed by atoms with van der Waals surface area (Å²) >= 11 is 0. The van der Waals surface area contributed by atoms with E-state index in [9.17, 15) is 19.2 Å². The van der Waals surface area contributed by atoms with Gasteiger partial charge in [-0.2, -0.15) is 0 Å². The molecule has 7 nitrogen and oxygen atoms in total. The molecule has 0 saturated heterocycles. The third kappa shape index (κ3) is 4.10. The van der Waals surface area contributed by atoms with Gasteiger partial charge in [0.1, 0.15) is 6.04 Å². The zero-order chi connectivity index (χ0) is 22.0. The highest BCUT2D eigenvalue weighted by Gasteiger charge is 2.41. The van der Waals surface area contributed by atoms with Crippen LogP contribution in [0.5, 0.6) is 0 Å². The summed E-state index contributed by atoms with van der Waals surface area (Å²) in [5.74, 6) is -2.39. The Morgan fingerprint density at radius 1 is 0.967 bits per heavy atom. The molecule has 0 bridgehead atoms. The second-order valence-corrected chi connectivity index (χ2v) is 7.44. The number of hydrogen-bond donors (Lipinski definition) is 1. The molecule has 156 valence electrons. The van der Waals surface area contributed by atoms with Crippen LogP contribution < -0.4 is 5.32 Å². The Morgan fingerprint density at radius 2 is 1.57 bits per heavy atom. The van der Waals surface area contributed by atoms with Crippen molar-refractivity contribution in [3.8, 4) is 0 Å². The number of carbonyl (C=O) groups is 4. The van der Waals surface area contributed by atoms with E-state index in [0.29, 0.717) is 0 Å². The molecule has 1 N–H and O–H groups in total. The Bertz CT molecular complexity index is 995. The molecule has 2 atom stereocenters. The van der Waals surface area contributed by atoms with Gasteiger partial charge < -0.3 is 10.1 Å². The SMILES string of the molecule is Cc1ccc(C(C)NC(=O)COC(=O)C(C)N2C(=O)c3ccccc3C2=O)cc1C. The van der Waals surface area contributed by atoms with Gasteiger partial charge in [-0.15, -0.1) is 0 Å². The summed E-state index contributed by atoms with van der Waals surface area (Å²) in [6, 6.07) is 10.9. The van der Waals surface area contributed by atoms with E-state index >= 15 is 0 Å². The van der Waals surface area contributed by atoms with E-state index in [0.717, 1.165) is 21.6 Å². The summed E-state index contributed by atoms with van der Waals surface area (Å²) in [6.45, 7) is 6.75. The number of benzene rings is 2. The maximum Gasteiger partial charge on any atom is 0.329 e. The number of hydrogen-bond acceptors (Lipinski definition) is 5. The van der Waals surface area contributed by atoms with Crippen molar-refractivity contribution in [3.63, 3.8) is 0 Å². The van der Waals surface area contributed by atoms with Crippen molar-refractivity contribution in [1.29, 1.82) is 0 Å². The van der Waals surface area contributed by atoms with Crippen LogP contribution in [-0.2, 0) is 14.3 Å². The zero-order valence-corrected chi connectivity index (χ0v) is 17.4. The van der Waals surface area contributed by atoms with Gasteiger partial charge in [0.25, 0.3) is 17.7 Å². The molecule has 7 heteroatoms. The second-order valence-electron chi connectivity index (χ2n) is 7.44. The third-order valence-corrected chi connectivity index (χ3v) is 5.31. The number of nitrogens with one attached hydrogen (secondary N) is 1. The summed E-state index contributed by atoms with van der Waals surface area (Å²) < 4.78 is 5.06. The molecule has 2 aromatic rings. The fourth-order valence-electron chi connectivity index (χ4n) is 3.32. The Balaban J connectivity index is 1.56. The van der Waals surface area contributed by atoms with Gasteiger partial charge in [-0.1, -0.05) is 30.3 Å². The first kappa shape index (κ1) is 21.2. The highest BCUT2D eigenvalue weighted by Crippen LogP contribution is 2.24. The van der Waals surface area contributed by atoms with E-state index in [2.05, 4.69) is 5.32 Å². The number of fused-ring (bicyclic) bond motifs is 1. The van der Waals surface area contributed by atoms with Gasteiger partial charge in [0.15, 0.2) is 6.61 Å². The number of ether oxygens (including phenoxy) is 1. The summed E-state index contributed by atoms with van der Waals surface area (Å²) in [6.07, 6.45) is 0. The predicted molar refractivity (Wildman–Crippen MR) is 110 cm³/mol. The number of imide groups is 1. The molecule has 1 heterocycles. The van der Waals surface area contributed by atoms with Gasteiger partial charge in [0.2, 0.25) is 0 Å². The molecule has 0 aliphatic carbocycles. The summed E-state index contributed by atoms with van der Waals surface area (Å²) in [4.78, 5) is 50.4. The van der Waals surface area contributed by atoms with Gasteiger partial charge >= 0.3 is 5.97 Å². The number of esters is 1. The van der Waals surface area contributed by atoms with Gasteiger partial charge in [0, 0.05) is 0 Å². The summed E-state index contributed by atoms with van der Waals surface area (Å²) in [5, 5.41) is 2.77. The first-order valence-corrected chi connectivity index (χ1v) is 9.70. The van der Waals surface area contributed by atoms with Gasteiger partial charge in [-0.25, -0.2) is 4.79 Å². The van der Waals surface area contributed by atoms with E-state index in [4.69, 9.17) is 4.74 Å². The molecule has 0 saturated carbocycles. The molecule has 1 aliphatic rings. The van der Waals surface area contributed by atoms with E-state index < -0.39 is 36.3 Å². The van der Waals surface area contributed by atoms with Crippen LogP contribution in [0, 0.1) is 13.8 Å². The molecule has 0 radical (unpaired) electrons. The molecular formula is C23H24N2O5. The minimum absolute atomic E-state index is 0.252. The second kappa shape index (κ2) is 8.49. The molecule has 3 amide bonds. The quantitative estimate of drug-likeness (QED) is 0.586. The highest BCUT2D eigenvalue weighted by molar-refractivity contribution is 6.22. The van der Waals surface area contributed by atoms with Gasteiger partial charge in [-0.05, 0) is 56.5 Å². The lowest BCUT2D eigenvalue weighted by Crippen LogP contribution is -2.44. The van der Waals surface area contributed by atoms with Crippen LogP contribution in [-0.4, -0.2) is 41.2 Å². The van der Waals surface area contributed by atoms with Crippen molar-refractivity contribution >= 4 is 23.7 Å². The van der Waals surface area contributed by atoms with Crippen LogP contribution in [0.15, 0.2) is 42.5 Å². The van der Waals surface area contributed by atoms with Crippen LogP contribution in [0.2, 0.25) is 0 Å². The standard InChI is InChI=1S/C23H24N2O5/c1-13-9-10-17(11-14(13)2)15(3)24-20(26)12-30-23(29)16(4)25-21(27)18-7-5-6-8-19(18)22(25)28/h5-11,15-16H,12H2,1-4H3,(H,24,26). The Morgan fingerprint density at radius 3 is 2.13 bits per heavy atom. The first-order valence-electron chi connectivity index (χ1n) is 9.70. The van der Waals surface area contributed by atoms with E-state index in [1.807, 2.05) is 39.0 Å². The number of carbonyl (C=O) groups excluding carboxylic acids is 4. The number of amides is 3. The molecule has 2 aromatic carbocycles. The van der Waals surface area contributed by atoms with Crippen LogP contribution in [0.4, 0.5) is 0 Å². The first-order chi connectivity index (χ1) is 14.2. The topological polar surface area (TPSA) is 92.8 Å². The van der Waals surface area contributed by atoms with E-state index in [1.165, 1.54) is 19.1 Å². The lowest BCUT2D eigenvalue weighted by molar-refractivity contribution is -0.152. The lowest BCUT2D eigenvalue weighted by Gasteiger charge is -2.21. The largest absolute Gasteiger partial charge is 0.454 e. The maximum atomic E-state index is 12.5. The number of aryl methyl sites for hydroxylation is 2. The Kier molecular flexibility index (Phi) is 6.01. The molecular weight excluding hydrogens is 384 g/mol. The van der Waals surface area contributed by atoms with Crippen molar-refractivity contribution < 1.29 is 23.9 Å². The van der Waals surface area contributed by atoms with Crippen molar-refractivity contribution in [1.82, 2.24) is 10.2 Å². The van der Waals surface area contributed by atoms with Crippen LogP contribution in [0.3, 0.4) is 0 Å². The van der Waals surface area contributed by atoms with Crippen molar-refractivity contribution in [2.24, 2.45) is 0 Å². The minimum Gasteiger partial charge on any atom is -0.454 e. The molecule has 30 heavy (non-hydrogen) atoms. The molecule has 3 rings (SSSR count). The molecule has 1 aliphatic heterocycles. The number of nitrogens with zero attached hydrogens (tertiary/aromatic N) is 1. The fourth-order valence-corrected chi connectivity index (χ4v) is 3.32. The zero-order valence-electron chi connectivity index (χ0n) is 17.4. The van der Waals surface area contributed by atoms with Gasteiger partial charge in [-0.3, -0.25) is 19.3 Å². The van der Waals surface area contributed by atoms with Crippen molar-refractivity contribution in [2.75, 3.05) is 6.61 Å².